The van der Waals surface area contributed by atoms with Gasteiger partial charge in [-0.15, -0.1) is 0 Å². The largest absolute Gasteiger partial charge is 0.366 e. The molecule has 0 bridgehead atoms. The molecule has 90 valence electrons. The molecule has 0 atom stereocenters. The monoisotopic (exact) mass is 233 g/mol. The second kappa shape index (κ2) is 4.99. The number of nitrogens with zero attached hydrogens (tertiary/aromatic N) is 2. The Morgan fingerprint density at radius 1 is 1.24 bits per heavy atom. The Labute approximate surface area is 100 Å². The normalized spacial score (nSPS) is 10.8. The van der Waals surface area contributed by atoms with Crippen LogP contribution in [-0.4, -0.2) is 9.78 Å². The van der Waals surface area contributed by atoms with Crippen LogP contribution in [0.2, 0.25) is 0 Å². The van der Waals surface area contributed by atoms with E-state index in [2.05, 4.69) is 24.3 Å². The second-order valence-electron chi connectivity index (χ2n) is 4.23. The van der Waals surface area contributed by atoms with Gasteiger partial charge in [-0.25, -0.2) is 9.07 Å². The van der Waals surface area contributed by atoms with Crippen LogP contribution in [0, 0.1) is 5.82 Å². The van der Waals surface area contributed by atoms with Gasteiger partial charge in [0.2, 0.25) is 0 Å². The first-order valence-electron chi connectivity index (χ1n) is 5.68. The van der Waals surface area contributed by atoms with Crippen molar-refractivity contribution >= 4 is 5.82 Å². The van der Waals surface area contributed by atoms with E-state index in [1.165, 1.54) is 12.1 Å². The summed E-state index contributed by atoms with van der Waals surface area (Å²) in [5, 5.41) is 7.52. The van der Waals surface area contributed by atoms with Gasteiger partial charge in [0.15, 0.2) is 0 Å². The number of hydrogen-bond acceptors (Lipinski definition) is 2. The zero-order valence-corrected chi connectivity index (χ0v) is 10.0. The molecule has 0 aliphatic rings. The maximum atomic E-state index is 12.7. The molecule has 1 aromatic carbocycles. The van der Waals surface area contributed by atoms with Crippen molar-refractivity contribution in [3.05, 3.63) is 47.9 Å². The molecule has 4 heteroatoms. The van der Waals surface area contributed by atoms with Gasteiger partial charge in [0, 0.05) is 18.7 Å². The summed E-state index contributed by atoms with van der Waals surface area (Å²) in [5.41, 5.74) is 1.04. The number of hydrogen-bond donors (Lipinski definition) is 1. The van der Waals surface area contributed by atoms with E-state index in [9.17, 15) is 4.39 Å². The molecule has 17 heavy (non-hydrogen) atoms. The van der Waals surface area contributed by atoms with E-state index in [4.69, 9.17) is 0 Å². The standard InChI is InChI=1S/C13H16FN3/c1-10(2)17-13(7-8-16-17)15-9-11-3-5-12(14)6-4-11/h3-8,10,15H,9H2,1-2H3. The molecule has 1 heterocycles. The SMILES string of the molecule is CC(C)n1nccc1NCc1ccc(F)cc1. The Hall–Kier alpha value is -1.84. The third-order valence-electron chi connectivity index (χ3n) is 2.55. The van der Waals surface area contributed by atoms with Crippen molar-refractivity contribution in [3.63, 3.8) is 0 Å². The zero-order valence-electron chi connectivity index (χ0n) is 10.0. The Morgan fingerprint density at radius 2 is 1.94 bits per heavy atom. The lowest BCUT2D eigenvalue weighted by atomic mass is 10.2. The minimum Gasteiger partial charge on any atom is -0.366 e. The van der Waals surface area contributed by atoms with E-state index in [0.717, 1.165) is 11.4 Å². The topological polar surface area (TPSA) is 29.9 Å². The van der Waals surface area contributed by atoms with Crippen LogP contribution in [0.1, 0.15) is 25.5 Å². The fraction of sp³-hybridized carbons (Fsp3) is 0.308. The first kappa shape index (κ1) is 11.6. The molecule has 0 unspecified atom stereocenters. The van der Waals surface area contributed by atoms with Gasteiger partial charge in [-0.1, -0.05) is 12.1 Å². The van der Waals surface area contributed by atoms with Crippen LogP contribution < -0.4 is 5.32 Å². The maximum absolute atomic E-state index is 12.7. The van der Waals surface area contributed by atoms with E-state index >= 15 is 0 Å². The average Bonchev–Trinajstić information content (AvgIpc) is 2.76. The molecule has 2 rings (SSSR count). The van der Waals surface area contributed by atoms with Crippen molar-refractivity contribution in [2.45, 2.75) is 26.4 Å². The maximum Gasteiger partial charge on any atom is 0.124 e. The molecule has 1 aromatic heterocycles. The van der Waals surface area contributed by atoms with Gasteiger partial charge in [-0.3, -0.25) is 0 Å². The van der Waals surface area contributed by atoms with Gasteiger partial charge in [0.05, 0.1) is 6.20 Å². The molecule has 0 amide bonds. The fourth-order valence-electron chi connectivity index (χ4n) is 1.66. The van der Waals surface area contributed by atoms with Crippen molar-refractivity contribution in [1.82, 2.24) is 9.78 Å². The van der Waals surface area contributed by atoms with Gasteiger partial charge in [0.1, 0.15) is 11.6 Å². The lowest BCUT2D eigenvalue weighted by molar-refractivity contribution is 0.537. The second-order valence-corrected chi connectivity index (χ2v) is 4.23. The third kappa shape index (κ3) is 2.84. The van der Waals surface area contributed by atoms with E-state index in [0.29, 0.717) is 12.6 Å². The van der Waals surface area contributed by atoms with Crippen molar-refractivity contribution in [2.24, 2.45) is 0 Å². The van der Waals surface area contributed by atoms with Crippen molar-refractivity contribution in [1.29, 1.82) is 0 Å². The van der Waals surface area contributed by atoms with Crippen molar-refractivity contribution < 1.29 is 4.39 Å². The average molecular weight is 233 g/mol. The highest BCUT2D eigenvalue weighted by Crippen LogP contribution is 2.14. The van der Waals surface area contributed by atoms with Crippen LogP contribution in [0.3, 0.4) is 0 Å². The van der Waals surface area contributed by atoms with Crippen LogP contribution >= 0.6 is 0 Å². The molecule has 1 N–H and O–H groups in total. The number of benzene rings is 1. The number of nitrogens with one attached hydrogen (secondary N) is 1. The lowest BCUT2D eigenvalue weighted by Crippen LogP contribution is -2.09. The van der Waals surface area contributed by atoms with Gasteiger partial charge < -0.3 is 5.32 Å². The summed E-state index contributed by atoms with van der Waals surface area (Å²) in [6.07, 6.45) is 1.77. The summed E-state index contributed by atoms with van der Waals surface area (Å²) in [5.74, 6) is 0.769. The molecule has 2 aromatic rings. The molecule has 3 nitrogen and oxygen atoms in total. The molecule has 0 fully saturated rings. The molecule has 0 saturated carbocycles. The number of halogens is 1. The third-order valence-corrected chi connectivity index (χ3v) is 2.55. The Kier molecular flexibility index (Phi) is 3.42. The summed E-state index contributed by atoms with van der Waals surface area (Å²) < 4.78 is 14.7. The first-order chi connectivity index (χ1) is 8.16. The molecule has 0 spiro atoms. The van der Waals surface area contributed by atoms with Gasteiger partial charge in [-0.2, -0.15) is 5.10 Å². The lowest BCUT2D eigenvalue weighted by Gasteiger charge is -2.12. The minimum atomic E-state index is -0.207. The predicted molar refractivity (Wildman–Crippen MR) is 66.3 cm³/mol. The molecule has 0 aliphatic carbocycles. The van der Waals surface area contributed by atoms with E-state index in [1.54, 1.807) is 18.3 Å². The molecule has 0 radical (unpaired) electrons. The fourth-order valence-corrected chi connectivity index (χ4v) is 1.66. The minimum absolute atomic E-state index is 0.207. The Balaban J connectivity index is 2.02. The van der Waals surface area contributed by atoms with Crippen LogP contribution in [0.25, 0.3) is 0 Å². The van der Waals surface area contributed by atoms with Crippen LogP contribution in [0.4, 0.5) is 10.2 Å². The van der Waals surface area contributed by atoms with Gasteiger partial charge in [0.25, 0.3) is 0 Å². The molecule has 0 saturated heterocycles. The summed E-state index contributed by atoms with van der Waals surface area (Å²) >= 11 is 0. The van der Waals surface area contributed by atoms with Crippen LogP contribution in [-0.2, 0) is 6.54 Å². The summed E-state index contributed by atoms with van der Waals surface area (Å²) in [6, 6.07) is 8.74. The number of anilines is 1. The predicted octanol–water partition coefficient (Wildman–Crippen LogP) is 3.22. The van der Waals surface area contributed by atoms with E-state index < -0.39 is 0 Å². The van der Waals surface area contributed by atoms with Crippen molar-refractivity contribution in [3.8, 4) is 0 Å². The number of rotatable bonds is 4. The van der Waals surface area contributed by atoms with Crippen LogP contribution in [0.5, 0.6) is 0 Å². The zero-order chi connectivity index (χ0) is 12.3. The highest BCUT2D eigenvalue weighted by Gasteiger charge is 2.04. The molecular weight excluding hydrogens is 217 g/mol. The number of aromatic nitrogens is 2. The van der Waals surface area contributed by atoms with Crippen LogP contribution in [0.15, 0.2) is 36.5 Å². The summed E-state index contributed by atoms with van der Waals surface area (Å²) in [6.45, 7) is 4.82. The Bertz CT molecular complexity index is 474. The van der Waals surface area contributed by atoms with Gasteiger partial charge >= 0.3 is 0 Å². The van der Waals surface area contributed by atoms with E-state index in [-0.39, 0.29) is 5.82 Å². The summed E-state index contributed by atoms with van der Waals surface area (Å²) in [4.78, 5) is 0. The molecular formula is C13H16FN3. The van der Waals surface area contributed by atoms with Crippen molar-refractivity contribution in [2.75, 3.05) is 5.32 Å². The van der Waals surface area contributed by atoms with Gasteiger partial charge in [-0.05, 0) is 31.5 Å². The van der Waals surface area contributed by atoms with E-state index in [1.807, 2.05) is 10.7 Å². The quantitative estimate of drug-likeness (QED) is 0.878. The summed E-state index contributed by atoms with van der Waals surface area (Å²) in [7, 11) is 0. The Morgan fingerprint density at radius 3 is 2.59 bits per heavy atom. The molecule has 0 aliphatic heterocycles. The highest BCUT2D eigenvalue weighted by molar-refractivity contribution is 5.35. The first-order valence-corrected chi connectivity index (χ1v) is 5.68. The highest BCUT2D eigenvalue weighted by atomic mass is 19.1. The smallest absolute Gasteiger partial charge is 0.124 e.